The number of nitrogens with one attached hydrogen (secondary N) is 1. The lowest BCUT2D eigenvalue weighted by Crippen LogP contribution is -2.25. The number of benzene rings is 2. The van der Waals surface area contributed by atoms with Crippen molar-refractivity contribution in [3.8, 4) is 0 Å². The molecule has 2 aromatic rings. The van der Waals surface area contributed by atoms with Crippen LogP contribution in [0, 0.1) is 0 Å². The van der Waals surface area contributed by atoms with Gasteiger partial charge in [0.1, 0.15) is 0 Å². The lowest BCUT2D eigenvalue weighted by molar-refractivity contribution is -0.139. The molecular formula is C21H19NO5S. The summed E-state index contributed by atoms with van der Waals surface area (Å²) in [6.07, 6.45) is 0. The third-order valence-corrected chi connectivity index (χ3v) is 5.43. The Morgan fingerprint density at radius 3 is 2.25 bits per heavy atom. The normalized spacial score (nSPS) is 13.4. The highest BCUT2D eigenvalue weighted by atomic mass is 32.2. The predicted molar refractivity (Wildman–Crippen MR) is 107 cm³/mol. The molecule has 0 heterocycles. The Hall–Kier alpha value is -2.93. The number of fused-ring (bicyclic) bond motifs is 2. The standard InChI is InChI=1S/C21H19NO5S/c1-3-27-18(23)11-28-12(2)21(26)22-13-8-9-16-17(10-13)20(25)15-7-5-4-6-14(15)19(16)24/h4-10,12H,3,11H2,1-2H3,(H,22,26)/t12-/m1/s1. The van der Waals surface area contributed by atoms with E-state index in [9.17, 15) is 19.2 Å². The molecule has 0 aromatic heterocycles. The van der Waals surface area contributed by atoms with E-state index < -0.39 is 5.25 Å². The van der Waals surface area contributed by atoms with Crippen LogP contribution in [0.5, 0.6) is 0 Å². The zero-order valence-corrected chi connectivity index (χ0v) is 16.3. The summed E-state index contributed by atoms with van der Waals surface area (Å²) in [5.74, 6) is -1.04. The summed E-state index contributed by atoms with van der Waals surface area (Å²) < 4.78 is 4.84. The zero-order valence-electron chi connectivity index (χ0n) is 15.5. The summed E-state index contributed by atoms with van der Waals surface area (Å²) in [5.41, 5.74) is 1.77. The van der Waals surface area contributed by atoms with Gasteiger partial charge in [0.25, 0.3) is 0 Å². The molecule has 3 rings (SSSR count). The molecule has 1 aliphatic carbocycles. The minimum atomic E-state index is -0.488. The van der Waals surface area contributed by atoms with Crippen LogP contribution in [0.25, 0.3) is 0 Å². The number of esters is 1. The highest BCUT2D eigenvalue weighted by molar-refractivity contribution is 8.01. The number of carbonyl (C=O) groups is 4. The Balaban J connectivity index is 1.73. The maximum Gasteiger partial charge on any atom is 0.315 e. The number of ketones is 2. The van der Waals surface area contributed by atoms with Gasteiger partial charge in [-0.3, -0.25) is 19.2 Å². The fraction of sp³-hybridized carbons (Fsp3) is 0.238. The quantitative estimate of drug-likeness (QED) is 0.643. The Kier molecular flexibility index (Phi) is 5.94. The van der Waals surface area contributed by atoms with E-state index in [2.05, 4.69) is 5.32 Å². The summed E-state index contributed by atoms with van der Waals surface area (Å²) in [4.78, 5) is 49.1. The van der Waals surface area contributed by atoms with E-state index in [1.165, 1.54) is 6.07 Å². The molecule has 0 unspecified atom stereocenters. The van der Waals surface area contributed by atoms with E-state index in [1.807, 2.05) is 0 Å². The van der Waals surface area contributed by atoms with E-state index in [0.717, 1.165) is 11.8 Å². The summed E-state index contributed by atoms with van der Waals surface area (Å²) in [6, 6.07) is 11.4. The Morgan fingerprint density at radius 1 is 1.00 bits per heavy atom. The molecular weight excluding hydrogens is 378 g/mol. The van der Waals surface area contributed by atoms with Crippen molar-refractivity contribution in [3.05, 3.63) is 64.7 Å². The number of thioether (sulfide) groups is 1. The van der Waals surface area contributed by atoms with Crippen molar-refractivity contribution in [2.75, 3.05) is 17.7 Å². The summed E-state index contributed by atoms with van der Waals surface area (Å²) in [6.45, 7) is 3.70. The van der Waals surface area contributed by atoms with Crippen molar-refractivity contribution >= 4 is 40.9 Å². The van der Waals surface area contributed by atoms with Crippen LogP contribution in [0.2, 0.25) is 0 Å². The van der Waals surface area contributed by atoms with E-state index >= 15 is 0 Å². The fourth-order valence-electron chi connectivity index (χ4n) is 2.89. The van der Waals surface area contributed by atoms with Crippen molar-refractivity contribution in [1.82, 2.24) is 0 Å². The van der Waals surface area contributed by atoms with Crippen molar-refractivity contribution in [1.29, 1.82) is 0 Å². The second-order valence-corrected chi connectivity index (χ2v) is 7.54. The number of anilines is 1. The van der Waals surface area contributed by atoms with Gasteiger partial charge in [0.15, 0.2) is 11.6 Å². The molecule has 0 bridgehead atoms. The fourth-order valence-corrected chi connectivity index (χ4v) is 3.57. The van der Waals surface area contributed by atoms with Gasteiger partial charge >= 0.3 is 5.97 Å². The third-order valence-electron chi connectivity index (χ3n) is 4.32. The van der Waals surface area contributed by atoms with Crippen LogP contribution >= 0.6 is 11.8 Å². The van der Waals surface area contributed by atoms with Crippen LogP contribution in [0.3, 0.4) is 0 Å². The molecule has 1 amide bonds. The topological polar surface area (TPSA) is 89.5 Å². The molecule has 7 heteroatoms. The van der Waals surface area contributed by atoms with Crippen molar-refractivity contribution < 1.29 is 23.9 Å². The van der Waals surface area contributed by atoms with Crippen LogP contribution in [0.4, 0.5) is 5.69 Å². The van der Waals surface area contributed by atoms with Crippen LogP contribution in [-0.2, 0) is 14.3 Å². The van der Waals surface area contributed by atoms with Crippen LogP contribution < -0.4 is 5.32 Å². The van der Waals surface area contributed by atoms with Crippen molar-refractivity contribution in [2.45, 2.75) is 19.1 Å². The number of hydrogen-bond acceptors (Lipinski definition) is 6. The first kappa shape index (κ1) is 19.8. The van der Waals surface area contributed by atoms with Gasteiger partial charge in [-0.2, -0.15) is 0 Å². The summed E-state index contributed by atoms with van der Waals surface area (Å²) >= 11 is 1.16. The second-order valence-electron chi connectivity index (χ2n) is 6.21. The van der Waals surface area contributed by atoms with Crippen molar-refractivity contribution in [2.24, 2.45) is 0 Å². The molecule has 2 aromatic carbocycles. The molecule has 144 valence electrons. The molecule has 0 spiro atoms. The number of carbonyl (C=O) groups excluding carboxylic acids is 4. The molecule has 1 N–H and O–H groups in total. The van der Waals surface area contributed by atoms with Gasteiger partial charge in [-0.15, -0.1) is 11.8 Å². The van der Waals surface area contributed by atoms with Gasteiger partial charge in [0.2, 0.25) is 5.91 Å². The van der Waals surface area contributed by atoms with E-state index in [0.29, 0.717) is 29.0 Å². The first-order valence-electron chi connectivity index (χ1n) is 8.83. The number of amides is 1. The maximum absolute atomic E-state index is 12.7. The second kappa shape index (κ2) is 8.39. The highest BCUT2D eigenvalue weighted by Crippen LogP contribution is 2.29. The minimum Gasteiger partial charge on any atom is -0.465 e. The molecule has 1 atom stereocenters. The van der Waals surface area contributed by atoms with Gasteiger partial charge in [-0.05, 0) is 32.0 Å². The van der Waals surface area contributed by atoms with Gasteiger partial charge in [0.05, 0.1) is 17.6 Å². The number of ether oxygens (including phenoxy) is 1. The Bertz CT molecular complexity index is 969. The van der Waals surface area contributed by atoms with E-state index in [-0.39, 0.29) is 34.8 Å². The molecule has 1 aliphatic rings. The van der Waals surface area contributed by atoms with Crippen LogP contribution in [-0.4, -0.2) is 41.1 Å². The highest BCUT2D eigenvalue weighted by Gasteiger charge is 2.29. The molecule has 0 saturated carbocycles. The Morgan fingerprint density at radius 2 is 1.61 bits per heavy atom. The van der Waals surface area contributed by atoms with Gasteiger partial charge in [0, 0.05) is 27.9 Å². The molecule has 0 fully saturated rings. The number of hydrogen-bond donors (Lipinski definition) is 1. The van der Waals surface area contributed by atoms with Crippen LogP contribution in [0.1, 0.15) is 45.7 Å². The molecule has 28 heavy (non-hydrogen) atoms. The van der Waals surface area contributed by atoms with E-state index in [1.54, 1.807) is 50.2 Å². The smallest absolute Gasteiger partial charge is 0.315 e. The molecule has 0 saturated heterocycles. The van der Waals surface area contributed by atoms with Gasteiger partial charge < -0.3 is 10.1 Å². The van der Waals surface area contributed by atoms with Gasteiger partial charge in [-0.1, -0.05) is 24.3 Å². The zero-order chi connectivity index (χ0) is 20.3. The van der Waals surface area contributed by atoms with Crippen LogP contribution in [0.15, 0.2) is 42.5 Å². The molecule has 6 nitrogen and oxygen atoms in total. The van der Waals surface area contributed by atoms with E-state index in [4.69, 9.17) is 4.74 Å². The first-order chi connectivity index (χ1) is 13.4. The third kappa shape index (κ3) is 3.99. The maximum atomic E-state index is 12.7. The average Bonchev–Trinajstić information content (AvgIpc) is 2.70. The predicted octanol–water partition coefficient (Wildman–Crippen LogP) is 3.09. The SMILES string of the molecule is CCOC(=O)CS[C@H](C)C(=O)Nc1ccc2c(c1)C(=O)c1ccccc1C2=O. The van der Waals surface area contributed by atoms with Gasteiger partial charge in [-0.25, -0.2) is 0 Å². The summed E-state index contributed by atoms with van der Waals surface area (Å²) in [7, 11) is 0. The largest absolute Gasteiger partial charge is 0.465 e. The lowest BCUT2D eigenvalue weighted by Gasteiger charge is -2.18. The number of rotatable bonds is 6. The minimum absolute atomic E-state index is 0.0797. The Labute approximate surface area is 166 Å². The lowest BCUT2D eigenvalue weighted by atomic mass is 9.84. The molecule has 0 aliphatic heterocycles. The monoisotopic (exact) mass is 397 g/mol. The van der Waals surface area contributed by atoms with Crippen molar-refractivity contribution in [3.63, 3.8) is 0 Å². The molecule has 0 radical (unpaired) electrons. The summed E-state index contributed by atoms with van der Waals surface area (Å²) in [5, 5.41) is 2.24. The first-order valence-corrected chi connectivity index (χ1v) is 9.87. The average molecular weight is 397 g/mol.